The van der Waals surface area contributed by atoms with Gasteiger partial charge in [0.05, 0.1) is 0 Å². The Morgan fingerprint density at radius 2 is 2.10 bits per heavy atom. The first-order valence-electron chi connectivity index (χ1n) is 8.86. The highest BCUT2D eigenvalue weighted by Gasteiger charge is 2.33. The molecule has 1 aromatic heterocycles. The van der Waals surface area contributed by atoms with Crippen molar-refractivity contribution in [3.63, 3.8) is 0 Å². The van der Waals surface area contributed by atoms with Crippen molar-refractivity contribution in [1.82, 2.24) is 10.2 Å². The molecule has 0 saturated heterocycles. The van der Waals surface area contributed by atoms with Crippen LogP contribution in [0.5, 0.6) is 0 Å². The molecule has 0 amide bonds. The van der Waals surface area contributed by atoms with Crippen LogP contribution in [-0.4, -0.2) is 30.1 Å². The van der Waals surface area contributed by atoms with Crippen LogP contribution in [0.25, 0.3) is 0 Å². The zero-order valence-electron chi connectivity index (χ0n) is 13.4. The number of nitrogens with zero attached hydrogens (tertiary/aromatic N) is 1. The van der Waals surface area contributed by atoms with Crippen LogP contribution in [-0.2, 0) is 6.54 Å². The molecule has 21 heavy (non-hydrogen) atoms. The number of nitrogens with one attached hydrogen (secondary N) is 1. The lowest BCUT2D eigenvalue weighted by molar-refractivity contribution is 0.157. The summed E-state index contributed by atoms with van der Waals surface area (Å²) < 4.78 is 0. The van der Waals surface area contributed by atoms with Gasteiger partial charge in [-0.2, -0.15) is 0 Å². The second kappa shape index (κ2) is 7.75. The van der Waals surface area contributed by atoms with Crippen molar-refractivity contribution in [3.05, 3.63) is 22.4 Å². The third kappa shape index (κ3) is 4.54. The molecule has 0 spiro atoms. The van der Waals surface area contributed by atoms with Crippen LogP contribution in [0, 0.1) is 5.92 Å². The molecule has 2 fully saturated rings. The third-order valence-corrected chi connectivity index (χ3v) is 5.90. The third-order valence-electron chi connectivity index (χ3n) is 5.04. The summed E-state index contributed by atoms with van der Waals surface area (Å²) in [5, 5.41) is 6.04. The topological polar surface area (TPSA) is 15.3 Å². The Morgan fingerprint density at radius 1 is 1.24 bits per heavy atom. The van der Waals surface area contributed by atoms with Gasteiger partial charge < -0.3 is 5.32 Å². The van der Waals surface area contributed by atoms with Crippen molar-refractivity contribution in [2.24, 2.45) is 5.92 Å². The van der Waals surface area contributed by atoms with Gasteiger partial charge >= 0.3 is 0 Å². The second-order valence-electron chi connectivity index (χ2n) is 6.85. The molecule has 3 heteroatoms. The average Bonchev–Trinajstić information content (AvgIpc) is 3.23. The SMILES string of the molecule is CCCNC1CCCCC1CN(Cc1cccs1)C1CC1. The fourth-order valence-corrected chi connectivity index (χ4v) is 4.44. The first-order valence-corrected chi connectivity index (χ1v) is 9.74. The van der Waals surface area contributed by atoms with E-state index in [-0.39, 0.29) is 0 Å². The normalized spacial score (nSPS) is 26.4. The Bertz CT molecular complexity index is 399. The van der Waals surface area contributed by atoms with Crippen LogP contribution in [0.15, 0.2) is 17.5 Å². The van der Waals surface area contributed by atoms with Crippen molar-refractivity contribution in [2.75, 3.05) is 13.1 Å². The lowest BCUT2D eigenvalue weighted by atomic mass is 9.84. The van der Waals surface area contributed by atoms with E-state index in [0.717, 1.165) is 18.0 Å². The summed E-state index contributed by atoms with van der Waals surface area (Å²) in [6.45, 7) is 5.96. The fraction of sp³-hybridized carbons (Fsp3) is 0.778. The molecule has 0 bridgehead atoms. The van der Waals surface area contributed by atoms with E-state index in [4.69, 9.17) is 0 Å². The molecule has 118 valence electrons. The number of rotatable bonds is 8. The molecule has 2 aliphatic rings. The fourth-order valence-electron chi connectivity index (χ4n) is 3.71. The standard InChI is InChI=1S/C18H30N2S/c1-2-11-19-18-8-4-3-6-15(18)13-20(16-9-10-16)14-17-7-5-12-21-17/h5,7,12,15-16,18-19H,2-4,6,8-11,13-14H2,1H3. The minimum atomic E-state index is 0.767. The molecule has 0 radical (unpaired) electrons. The predicted octanol–water partition coefficient (Wildman–Crippen LogP) is 4.27. The highest BCUT2D eigenvalue weighted by molar-refractivity contribution is 7.09. The van der Waals surface area contributed by atoms with Crippen molar-refractivity contribution < 1.29 is 0 Å². The summed E-state index contributed by atoms with van der Waals surface area (Å²) in [6, 6.07) is 6.13. The van der Waals surface area contributed by atoms with Crippen molar-refractivity contribution >= 4 is 11.3 Å². The van der Waals surface area contributed by atoms with Crippen LogP contribution < -0.4 is 5.32 Å². The van der Waals surface area contributed by atoms with Crippen LogP contribution >= 0.6 is 11.3 Å². The molecule has 2 aliphatic carbocycles. The van der Waals surface area contributed by atoms with Gasteiger partial charge in [-0.3, -0.25) is 4.90 Å². The van der Waals surface area contributed by atoms with Gasteiger partial charge in [0.1, 0.15) is 0 Å². The summed E-state index contributed by atoms with van der Waals surface area (Å²) in [5.74, 6) is 0.867. The van der Waals surface area contributed by atoms with Gasteiger partial charge in [-0.1, -0.05) is 25.8 Å². The molecule has 1 heterocycles. The lowest BCUT2D eigenvalue weighted by Crippen LogP contribution is -2.44. The monoisotopic (exact) mass is 306 g/mol. The zero-order valence-corrected chi connectivity index (χ0v) is 14.2. The maximum absolute atomic E-state index is 3.82. The van der Waals surface area contributed by atoms with E-state index in [9.17, 15) is 0 Å². The summed E-state index contributed by atoms with van der Waals surface area (Å²) >= 11 is 1.92. The van der Waals surface area contributed by atoms with Crippen LogP contribution in [0.1, 0.15) is 56.7 Å². The number of thiophene rings is 1. The molecule has 2 unspecified atom stereocenters. The largest absolute Gasteiger partial charge is 0.314 e. The summed E-state index contributed by atoms with van der Waals surface area (Å²) in [6.07, 6.45) is 9.77. The van der Waals surface area contributed by atoms with E-state index in [1.807, 2.05) is 11.3 Å². The Kier molecular flexibility index (Phi) is 5.73. The highest BCUT2D eigenvalue weighted by atomic mass is 32.1. The van der Waals surface area contributed by atoms with E-state index < -0.39 is 0 Å². The van der Waals surface area contributed by atoms with Crippen molar-refractivity contribution in [1.29, 1.82) is 0 Å². The van der Waals surface area contributed by atoms with E-state index in [1.165, 1.54) is 69.5 Å². The maximum Gasteiger partial charge on any atom is 0.0330 e. The minimum Gasteiger partial charge on any atom is -0.314 e. The number of hydrogen-bond acceptors (Lipinski definition) is 3. The average molecular weight is 307 g/mol. The van der Waals surface area contributed by atoms with Gasteiger partial charge in [0.15, 0.2) is 0 Å². The van der Waals surface area contributed by atoms with Gasteiger partial charge in [0, 0.05) is 30.1 Å². The molecule has 0 aliphatic heterocycles. The Morgan fingerprint density at radius 3 is 2.81 bits per heavy atom. The predicted molar refractivity (Wildman–Crippen MR) is 91.8 cm³/mol. The minimum absolute atomic E-state index is 0.767. The van der Waals surface area contributed by atoms with E-state index in [0.29, 0.717) is 0 Å². The highest BCUT2D eigenvalue weighted by Crippen LogP contribution is 2.33. The quantitative estimate of drug-likeness (QED) is 0.771. The van der Waals surface area contributed by atoms with E-state index in [1.54, 1.807) is 0 Å². The van der Waals surface area contributed by atoms with E-state index >= 15 is 0 Å². The lowest BCUT2D eigenvalue weighted by Gasteiger charge is -2.36. The number of hydrogen-bond donors (Lipinski definition) is 1. The van der Waals surface area contributed by atoms with Crippen molar-refractivity contribution in [2.45, 2.75) is 70.5 Å². The van der Waals surface area contributed by atoms with Crippen molar-refractivity contribution in [3.8, 4) is 0 Å². The molecule has 2 nitrogen and oxygen atoms in total. The van der Waals surface area contributed by atoms with Gasteiger partial charge in [-0.15, -0.1) is 11.3 Å². The maximum atomic E-state index is 3.82. The molecule has 2 atom stereocenters. The first kappa shape index (κ1) is 15.5. The summed E-state index contributed by atoms with van der Waals surface area (Å²) in [4.78, 5) is 4.32. The molecule has 1 N–H and O–H groups in total. The van der Waals surface area contributed by atoms with Gasteiger partial charge in [-0.05, 0) is 56.0 Å². The molecule has 0 aromatic carbocycles. The molecule has 3 rings (SSSR count). The zero-order chi connectivity index (χ0) is 14.5. The molecular formula is C18H30N2S. The van der Waals surface area contributed by atoms with Gasteiger partial charge in [0.25, 0.3) is 0 Å². The van der Waals surface area contributed by atoms with Crippen LogP contribution in [0.4, 0.5) is 0 Å². The molecule has 1 aromatic rings. The Hall–Kier alpha value is -0.380. The summed E-state index contributed by atoms with van der Waals surface area (Å²) in [5.41, 5.74) is 0. The van der Waals surface area contributed by atoms with E-state index in [2.05, 4.69) is 34.7 Å². The molecular weight excluding hydrogens is 276 g/mol. The summed E-state index contributed by atoms with van der Waals surface area (Å²) in [7, 11) is 0. The Labute approximate surface area is 133 Å². The smallest absolute Gasteiger partial charge is 0.0330 e. The Balaban J connectivity index is 1.57. The van der Waals surface area contributed by atoms with Crippen LogP contribution in [0.2, 0.25) is 0 Å². The molecule has 2 saturated carbocycles. The first-order chi connectivity index (χ1) is 10.4. The van der Waals surface area contributed by atoms with Crippen LogP contribution in [0.3, 0.4) is 0 Å². The van der Waals surface area contributed by atoms with Gasteiger partial charge in [0.2, 0.25) is 0 Å². The second-order valence-corrected chi connectivity index (χ2v) is 7.88. The van der Waals surface area contributed by atoms with Gasteiger partial charge in [-0.25, -0.2) is 0 Å².